The van der Waals surface area contributed by atoms with Crippen LogP contribution in [0, 0.1) is 19.8 Å². The van der Waals surface area contributed by atoms with Crippen LogP contribution in [0.5, 0.6) is 5.75 Å². The second-order valence-electron chi connectivity index (χ2n) is 4.56. The molecule has 82 valence electrons. The highest BCUT2D eigenvalue weighted by Gasteiger charge is 2.20. The largest absolute Gasteiger partial charge is 0.493 e. The van der Waals surface area contributed by atoms with Gasteiger partial charge in [0.2, 0.25) is 0 Å². The fraction of sp³-hybridized carbons (Fsp3) is 0.538. The van der Waals surface area contributed by atoms with E-state index in [-0.39, 0.29) is 0 Å². The molecule has 1 saturated carbocycles. The Morgan fingerprint density at radius 1 is 1.27 bits per heavy atom. The minimum atomic E-state index is 0.819. The Bertz CT molecular complexity index is 333. The molecule has 0 radical (unpaired) electrons. The van der Waals surface area contributed by atoms with Gasteiger partial charge in [-0.1, -0.05) is 12.8 Å². The lowest BCUT2D eigenvalue weighted by atomic mass is 10.1. The Hall–Kier alpha value is -1.18. The molecule has 2 N–H and O–H groups in total. The van der Waals surface area contributed by atoms with Crippen LogP contribution < -0.4 is 10.5 Å². The summed E-state index contributed by atoms with van der Waals surface area (Å²) in [5, 5.41) is 0. The number of rotatable bonds is 4. The van der Waals surface area contributed by atoms with Crippen LogP contribution in [0.2, 0.25) is 0 Å². The first-order valence-corrected chi connectivity index (χ1v) is 5.66. The molecule has 0 atom stereocenters. The molecular formula is C13H19NO. The molecule has 1 aliphatic rings. The van der Waals surface area contributed by atoms with Crippen molar-refractivity contribution in [1.29, 1.82) is 0 Å². The number of benzene rings is 1. The van der Waals surface area contributed by atoms with E-state index in [1.165, 1.54) is 19.3 Å². The van der Waals surface area contributed by atoms with Crippen LogP contribution in [-0.2, 0) is 0 Å². The molecule has 2 heteroatoms. The molecule has 1 aromatic carbocycles. The summed E-state index contributed by atoms with van der Waals surface area (Å²) in [5.41, 5.74) is 8.86. The Labute approximate surface area is 91.4 Å². The van der Waals surface area contributed by atoms with Gasteiger partial charge in [0.1, 0.15) is 5.75 Å². The molecule has 1 aromatic rings. The van der Waals surface area contributed by atoms with Crippen molar-refractivity contribution in [2.24, 2.45) is 5.92 Å². The summed E-state index contributed by atoms with van der Waals surface area (Å²) < 4.78 is 5.82. The van der Waals surface area contributed by atoms with Gasteiger partial charge in [0.25, 0.3) is 0 Å². The lowest BCUT2D eigenvalue weighted by Gasteiger charge is -2.12. The zero-order valence-corrected chi connectivity index (χ0v) is 9.55. The minimum absolute atomic E-state index is 0.819. The monoisotopic (exact) mass is 205 g/mol. The Balaban J connectivity index is 1.99. The number of aryl methyl sites for hydroxylation is 2. The second-order valence-corrected chi connectivity index (χ2v) is 4.56. The van der Waals surface area contributed by atoms with Gasteiger partial charge in [-0.2, -0.15) is 0 Å². The lowest BCUT2D eigenvalue weighted by molar-refractivity contribution is 0.298. The van der Waals surface area contributed by atoms with Gasteiger partial charge in [0, 0.05) is 5.69 Å². The van der Waals surface area contributed by atoms with Gasteiger partial charge in [-0.05, 0) is 49.4 Å². The molecule has 0 aliphatic heterocycles. The number of anilines is 1. The predicted octanol–water partition coefficient (Wildman–Crippen LogP) is 3.06. The Morgan fingerprint density at radius 2 is 1.87 bits per heavy atom. The standard InChI is InChI=1S/C13H19NO/c1-9-7-12(14)8-10(2)13(9)15-6-5-11-3-4-11/h7-8,11H,3-6,14H2,1-2H3. The van der Waals surface area contributed by atoms with Crippen LogP contribution in [0.3, 0.4) is 0 Å². The predicted molar refractivity (Wildman–Crippen MR) is 63.2 cm³/mol. The smallest absolute Gasteiger partial charge is 0.125 e. The lowest BCUT2D eigenvalue weighted by Crippen LogP contribution is -2.02. The Kier molecular flexibility index (Phi) is 2.85. The zero-order chi connectivity index (χ0) is 10.8. The third-order valence-corrected chi connectivity index (χ3v) is 2.95. The summed E-state index contributed by atoms with van der Waals surface area (Å²) in [7, 11) is 0. The van der Waals surface area contributed by atoms with Gasteiger partial charge in [-0.25, -0.2) is 0 Å². The molecule has 0 bridgehead atoms. The highest BCUT2D eigenvalue weighted by Crippen LogP contribution is 2.33. The maximum atomic E-state index is 5.82. The van der Waals surface area contributed by atoms with Crippen LogP contribution in [0.15, 0.2) is 12.1 Å². The number of ether oxygens (including phenoxy) is 1. The van der Waals surface area contributed by atoms with E-state index >= 15 is 0 Å². The van der Waals surface area contributed by atoms with E-state index in [0.29, 0.717) is 0 Å². The maximum absolute atomic E-state index is 5.82. The van der Waals surface area contributed by atoms with Crippen LogP contribution in [0.4, 0.5) is 5.69 Å². The van der Waals surface area contributed by atoms with Gasteiger partial charge in [-0.15, -0.1) is 0 Å². The van der Waals surface area contributed by atoms with Crippen molar-refractivity contribution < 1.29 is 4.74 Å². The quantitative estimate of drug-likeness (QED) is 0.767. The molecular weight excluding hydrogens is 186 g/mol. The van der Waals surface area contributed by atoms with Crippen molar-refractivity contribution >= 4 is 5.69 Å². The van der Waals surface area contributed by atoms with E-state index in [2.05, 4.69) is 13.8 Å². The number of hydrogen-bond donors (Lipinski definition) is 1. The highest BCUT2D eigenvalue weighted by atomic mass is 16.5. The van der Waals surface area contributed by atoms with Crippen LogP contribution in [0.25, 0.3) is 0 Å². The summed E-state index contributed by atoms with van der Waals surface area (Å²) in [4.78, 5) is 0. The fourth-order valence-corrected chi connectivity index (χ4v) is 1.95. The second kappa shape index (κ2) is 4.13. The molecule has 15 heavy (non-hydrogen) atoms. The van der Waals surface area contributed by atoms with Crippen molar-refractivity contribution in [3.8, 4) is 5.75 Å². The van der Waals surface area contributed by atoms with Crippen LogP contribution in [0.1, 0.15) is 30.4 Å². The van der Waals surface area contributed by atoms with Crippen molar-refractivity contribution in [2.45, 2.75) is 33.1 Å². The average molecular weight is 205 g/mol. The molecule has 2 nitrogen and oxygen atoms in total. The van der Waals surface area contributed by atoms with Crippen molar-refractivity contribution in [3.05, 3.63) is 23.3 Å². The van der Waals surface area contributed by atoms with E-state index in [1.807, 2.05) is 12.1 Å². The normalized spacial score (nSPS) is 15.3. The fourth-order valence-electron chi connectivity index (χ4n) is 1.95. The molecule has 2 rings (SSSR count). The van der Waals surface area contributed by atoms with Crippen molar-refractivity contribution in [3.63, 3.8) is 0 Å². The summed E-state index contributed by atoms with van der Waals surface area (Å²) in [6, 6.07) is 3.94. The van der Waals surface area contributed by atoms with Crippen LogP contribution in [-0.4, -0.2) is 6.61 Å². The minimum Gasteiger partial charge on any atom is -0.493 e. The first-order chi connectivity index (χ1) is 7.16. The number of nitrogens with two attached hydrogens (primary N) is 1. The van der Waals surface area contributed by atoms with E-state index in [4.69, 9.17) is 10.5 Å². The van der Waals surface area contributed by atoms with Crippen LogP contribution >= 0.6 is 0 Å². The molecule has 1 aliphatic carbocycles. The maximum Gasteiger partial charge on any atom is 0.125 e. The SMILES string of the molecule is Cc1cc(N)cc(C)c1OCCC1CC1. The summed E-state index contributed by atoms with van der Waals surface area (Å²) in [6.07, 6.45) is 3.98. The van der Waals surface area contributed by atoms with Crippen molar-refractivity contribution in [1.82, 2.24) is 0 Å². The third kappa shape index (κ3) is 2.65. The summed E-state index contributed by atoms with van der Waals surface area (Å²) >= 11 is 0. The molecule has 0 heterocycles. The van der Waals surface area contributed by atoms with E-state index in [1.54, 1.807) is 0 Å². The van der Waals surface area contributed by atoms with E-state index < -0.39 is 0 Å². The topological polar surface area (TPSA) is 35.2 Å². The molecule has 0 unspecified atom stereocenters. The first-order valence-electron chi connectivity index (χ1n) is 5.66. The molecule has 1 fully saturated rings. The van der Waals surface area contributed by atoms with E-state index in [9.17, 15) is 0 Å². The van der Waals surface area contributed by atoms with Gasteiger partial charge in [0.15, 0.2) is 0 Å². The van der Waals surface area contributed by atoms with Gasteiger partial charge < -0.3 is 10.5 Å². The average Bonchev–Trinajstić information content (AvgIpc) is 2.93. The summed E-state index contributed by atoms with van der Waals surface area (Å²) in [6.45, 7) is 4.95. The van der Waals surface area contributed by atoms with Gasteiger partial charge in [-0.3, -0.25) is 0 Å². The third-order valence-electron chi connectivity index (χ3n) is 2.95. The highest BCUT2D eigenvalue weighted by molar-refractivity contribution is 5.52. The molecule has 0 spiro atoms. The molecule has 0 aromatic heterocycles. The number of hydrogen-bond acceptors (Lipinski definition) is 2. The zero-order valence-electron chi connectivity index (χ0n) is 9.55. The first kappa shape index (κ1) is 10.3. The van der Waals surface area contributed by atoms with Crippen molar-refractivity contribution in [2.75, 3.05) is 12.3 Å². The number of nitrogen functional groups attached to an aromatic ring is 1. The Morgan fingerprint density at radius 3 is 2.40 bits per heavy atom. The molecule has 0 saturated heterocycles. The van der Waals surface area contributed by atoms with Gasteiger partial charge >= 0.3 is 0 Å². The van der Waals surface area contributed by atoms with Gasteiger partial charge in [0.05, 0.1) is 6.61 Å². The molecule has 0 amide bonds. The van der Waals surface area contributed by atoms with E-state index in [0.717, 1.165) is 35.1 Å². The summed E-state index contributed by atoms with van der Waals surface area (Å²) in [5.74, 6) is 1.95.